The number of hydrogen-bond acceptors (Lipinski definition) is 1. The first-order valence-electron chi connectivity index (χ1n) is 6.70. The highest BCUT2D eigenvalue weighted by atomic mass is 19.1. The lowest BCUT2D eigenvalue weighted by atomic mass is 10.0. The van der Waals surface area contributed by atoms with Gasteiger partial charge in [0.25, 0.3) is 0 Å². The molecule has 22 heavy (non-hydrogen) atoms. The van der Waals surface area contributed by atoms with Gasteiger partial charge in [-0.1, -0.05) is 30.3 Å². The van der Waals surface area contributed by atoms with Crippen molar-refractivity contribution in [2.45, 2.75) is 0 Å². The maximum atomic E-state index is 13.9. The first-order chi connectivity index (χ1) is 10.6. The van der Waals surface area contributed by atoms with E-state index in [2.05, 4.69) is 5.32 Å². The predicted molar refractivity (Wildman–Crippen MR) is 81.5 cm³/mol. The molecule has 0 atom stereocenters. The number of anilines is 2. The smallest absolute Gasteiger partial charge is 0.146 e. The first-order valence-corrected chi connectivity index (χ1v) is 6.70. The van der Waals surface area contributed by atoms with Crippen molar-refractivity contribution >= 4 is 11.4 Å². The molecule has 0 aliphatic carbocycles. The van der Waals surface area contributed by atoms with Crippen molar-refractivity contribution in [3.05, 3.63) is 84.2 Å². The lowest BCUT2D eigenvalue weighted by molar-refractivity contribution is 0.625. The molecule has 0 aliphatic heterocycles. The summed E-state index contributed by atoms with van der Waals surface area (Å²) in [7, 11) is 0. The molecule has 1 nitrogen and oxygen atoms in total. The molecule has 3 aromatic carbocycles. The van der Waals surface area contributed by atoms with E-state index in [0.29, 0.717) is 11.1 Å². The van der Waals surface area contributed by atoms with E-state index in [-0.39, 0.29) is 17.2 Å². The summed E-state index contributed by atoms with van der Waals surface area (Å²) in [5.41, 5.74) is 1.57. The highest BCUT2D eigenvalue weighted by molar-refractivity contribution is 5.71. The van der Waals surface area contributed by atoms with Crippen LogP contribution in [0.15, 0.2) is 66.7 Å². The van der Waals surface area contributed by atoms with E-state index >= 15 is 0 Å². The van der Waals surface area contributed by atoms with Crippen LogP contribution in [0.25, 0.3) is 11.1 Å². The van der Waals surface area contributed by atoms with Crippen molar-refractivity contribution in [3.8, 4) is 11.1 Å². The summed E-state index contributed by atoms with van der Waals surface area (Å²) in [6, 6.07) is 16.4. The summed E-state index contributed by atoms with van der Waals surface area (Å²) < 4.78 is 40.9. The first kappa shape index (κ1) is 14.2. The number of hydrogen-bond donors (Lipinski definition) is 1. The Morgan fingerprint density at radius 2 is 1.32 bits per heavy atom. The van der Waals surface area contributed by atoms with Crippen molar-refractivity contribution in [1.82, 2.24) is 0 Å². The maximum Gasteiger partial charge on any atom is 0.146 e. The van der Waals surface area contributed by atoms with E-state index in [1.165, 1.54) is 36.4 Å². The van der Waals surface area contributed by atoms with Gasteiger partial charge in [-0.2, -0.15) is 0 Å². The van der Waals surface area contributed by atoms with E-state index < -0.39 is 11.6 Å². The molecule has 3 aromatic rings. The molecule has 1 N–H and O–H groups in total. The number of para-hydroxylation sites is 1. The standard InChI is InChI=1S/C18H12F3N/c19-14-5-3-4-12(10-14)13-8-9-16(21)18(11-13)22-17-7-2-1-6-15(17)20/h1-11,22H. The third kappa shape index (κ3) is 2.96. The zero-order valence-electron chi connectivity index (χ0n) is 11.5. The van der Waals surface area contributed by atoms with Crippen molar-refractivity contribution in [1.29, 1.82) is 0 Å². The van der Waals surface area contributed by atoms with Crippen LogP contribution in [-0.4, -0.2) is 0 Å². The molecule has 0 radical (unpaired) electrons. The number of benzene rings is 3. The van der Waals surface area contributed by atoms with E-state index in [1.54, 1.807) is 30.3 Å². The second-order valence-electron chi connectivity index (χ2n) is 4.81. The topological polar surface area (TPSA) is 12.0 Å². The van der Waals surface area contributed by atoms with Gasteiger partial charge in [-0.3, -0.25) is 0 Å². The number of halogens is 3. The Kier molecular flexibility index (Phi) is 3.83. The normalized spacial score (nSPS) is 10.5. The van der Waals surface area contributed by atoms with Crippen LogP contribution in [0.2, 0.25) is 0 Å². The Morgan fingerprint density at radius 1 is 0.591 bits per heavy atom. The van der Waals surface area contributed by atoms with Gasteiger partial charge in [-0.05, 0) is 47.5 Å². The van der Waals surface area contributed by atoms with E-state index in [9.17, 15) is 13.2 Å². The number of nitrogens with one attached hydrogen (secondary N) is 1. The molecule has 0 amide bonds. The van der Waals surface area contributed by atoms with Crippen LogP contribution < -0.4 is 5.32 Å². The van der Waals surface area contributed by atoms with Crippen LogP contribution in [0.5, 0.6) is 0 Å². The lowest BCUT2D eigenvalue weighted by Gasteiger charge is -2.11. The molecule has 110 valence electrons. The summed E-state index contributed by atoms with van der Waals surface area (Å²) in [6.07, 6.45) is 0. The predicted octanol–water partition coefficient (Wildman–Crippen LogP) is 5.51. The molecule has 0 aliphatic rings. The minimum Gasteiger partial charge on any atom is -0.351 e. The Morgan fingerprint density at radius 3 is 2.09 bits per heavy atom. The summed E-state index contributed by atoms with van der Waals surface area (Å²) in [5.74, 6) is -1.35. The molecule has 0 saturated carbocycles. The lowest BCUT2D eigenvalue weighted by Crippen LogP contribution is -1.96. The Labute approximate surface area is 126 Å². The van der Waals surface area contributed by atoms with Crippen molar-refractivity contribution < 1.29 is 13.2 Å². The second-order valence-corrected chi connectivity index (χ2v) is 4.81. The van der Waals surface area contributed by atoms with Gasteiger partial charge in [0.1, 0.15) is 17.5 Å². The molecule has 0 unspecified atom stereocenters. The van der Waals surface area contributed by atoms with E-state index in [4.69, 9.17) is 0 Å². The minimum absolute atomic E-state index is 0.131. The van der Waals surface area contributed by atoms with Gasteiger partial charge in [0.05, 0.1) is 11.4 Å². The molecule has 0 bridgehead atoms. The highest BCUT2D eigenvalue weighted by Crippen LogP contribution is 2.28. The Hall–Kier alpha value is -2.75. The second kappa shape index (κ2) is 5.93. The summed E-state index contributed by atoms with van der Waals surface area (Å²) in [6.45, 7) is 0. The Bertz CT molecular complexity index is 815. The fraction of sp³-hybridized carbons (Fsp3) is 0. The largest absolute Gasteiger partial charge is 0.351 e. The molecule has 0 spiro atoms. The highest BCUT2D eigenvalue weighted by Gasteiger charge is 2.08. The van der Waals surface area contributed by atoms with Crippen LogP contribution >= 0.6 is 0 Å². The fourth-order valence-electron chi connectivity index (χ4n) is 2.18. The zero-order chi connectivity index (χ0) is 15.5. The van der Waals surface area contributed by atoms with Crippen LogP contribution in [0.1, 0.15) is 0 Å². The van der Waals surface area contributed by atoms with Gasteiger partial charge in [0, 0.05) is 0 Å². The summed E-state index contributed by atoms with van der Waals surface area (Å²) >= 11 is 0. The van der Waals surface area contributed by atoms with Gasteiger partial charge < -0.3 is 5.32 Å². The molecular formula is C18H12F3N. The molecule has 3 rings (SSSR count). The van der Waals surface area contributed by atoms with Crippen LogP contribution in [0.4, 0.5) is 24.5 Å². The van der Waals surface area contributed by atoms with Crippen molar-refractivity contribution in [2.75, 3.05) is 5.32 Å². The summed E-state index contributed by atoms with van der Waals surface area (Å²) in [5, 5.41) is 2.72. The van der Waals surface area contributed by atoms with Crippen LogP contribution in [-0.2, 0) is 0 Å². The van der Waals surface area contributed by atoms with Gasteiger partial charge in [-0.25, -0.2) is 13.2 Å². The maximum absolute atomic E-state index is 13.9. The van der Waals surface area contributed by atoms with Gasteiger partial charge in [0.15, 0.2) is 0 Å². The fourth-order valence-corrected chi connectivity index (χ4v) is 2.18. The molecule has 4 heteroatoms. The SMILES string of the molecule is Fc1cccc(-c2ccc(F)c(Nc3ccccc3F)c2)c1. The number of rotatable bonds is 3. The van der Waals surface area contributed by atoms with Crippen molar-refractivity contribution in [2.24, 2.45) is 0 Å². The summed E-state index contributed by atoms with van der Waals surface area (Å²) in [4.78, 5) is 0. The molecule has 0 saturated heterocycles. The van der Waals surface area contributed by atoms with Gasteiger partial charge in [-0.15, -0.1) is 0 Å². The third-order valence-corrected chi connectivity index (χ3v) is 3.27. The quantitative estimate of drug-likeness (QED) is 0.672. The van der Waals surface area contributed by atoms with Crippen LogP contribution in [0, 0.1) is 17.5 Å². The van der Waals surface area contributed by atoms with Gasteiger partial charge >= 0.3 is 0 Å². The Balaban J connectivity index is 1.99. The monoisotopic (exact) mass is 299 g/mol. The van der Waals surface area contributed by atoms with Gasteiger partial charge in [0.2, 0.25) is 0 Å². The third-order valence-electron chi connectivity index (χ3n) is 3.27. The molecule has 0 fully saturated rings. The minimum atomic E-state index is -0.511. The van der Waals surface area contributed by atoms with Crippen LogP contribution in [0.3, 0.4) is 0 Å². The zero-order valence-corrected chi connectivity index (χ0v) is 11.5. The molecular weight excluding hydrogens is 287 g/mol. The van der Waals surface area contributed by atoms with E-state index in [1.807, 2.05) is 0 Å². The average Bonchev–Trinajstić information content (AvgIpc) is 2.51. The van der Waals surface area contributed by atoms with E-state index in [0.717, 1.165) is 0 Å². The molecule has 0 aromatic heterocycles. The van der Waals surface area contributed by atoms with Crippen molar-refractivity contribution in [3.63, 3.8) is 0 Å². The molecule has 0 heterocycles. The average molecular weight is 299 g/mol.